The summed E-state index contributed by atoms with van der Waals surface area (Å²) < 4.78 is 0. The van der Waals surface area contributed by atoms with E-state index in [9.17, 15) is 4.79 Å². The van der Waals surface area contributed by atoms with Crippen molar-refractivity contribution in [3.05, 3.63) is 65.9 Å². The van der Waals surface area contributed by atoms with Gasteiger partial charge in [0.1, 0.15) is 0 Å². The van der Waals surface area contributed by atoms with E-state index >= 15 is 0 Å². The normalized spacial score (nSPS) is 10.8. The number of urea groups is 1. The minimum atomic E-state index is -0.0528. The SMILES string of the molecule is CCN(C(=O)NCCc1c[nH]c2ccccc12)c1cccc(C)c1. The average molecular weight is 321 g/mol. The number of aryl methyl sites for hydroxylation is 1. The second-order valence-corrected chi connectivity index (χ2v) is 5.92. The van der Waals surface area contributed by atoms with Crippen molar-refractivity contribution in [3.63, 3.8) is 0 Å². The van der Waals surface area contributed by atoms with Crippen LogP contribution in [0.4, 0.5) is 10.5 Å². The maximum Gasteiger partial charge on any atom is 0.321 e. The van der Waals surface area contributed by atoms with Crippen molar-refractivity contribution in [1.82, 2.24) is 10.3 Å². The Morgan fingerprint density at radius 3 is 2.79 bits per heavy atom. The van der Waals surface area contributed by atoms with Crippen LogP contribution in [0.3, 0.4) is 0 Å². The maximum absolute atomic E-state index is 12.5. The number of para-hydroxylation sites is 1. The lowest BCUT2D eigenvalue weighted by molar-refractivity contribution is 0.246. The van der Waals surface area contributed by atoms with Gasteiger partial charge in [-0.3, -0.25) is 4.90 Å². The van der Waals surface area contributed by atoms with Crippen LogP contribution in [0.1, 0.15) is 18.1 Å². The molecule has 0 spiro atoms. The van der Waals surface area contributed by atoms with E-state index in [1.165, 1.54) is 10.9 Å². The van der Waals surface area contributed by atoms with E-state index in [1.54, 1.807) is 4.90 Å². The van der Waals surface area contributed by atoms with Crippen molar-refractivity contribution in [2.75, 3.05) is 18.0 Å². The van der Waals surface area contributed by atoms with Crippen LogP contribution in [0, 0.1) is 6.92 Å². The number of nitrogens with zero attached hydrogens (tertiary/aromatic N) is 1. The van der Waals surface area contributed by atoms with Crippen molar-refractivity contribution >= 4 is 22.6 Å². The second-order valence-electron chi connectivity index (χ2n) is 5.92. The molecule has 1 aromatic heterocycles. The van der Waals surface area contributed by atoms with Crippen LogP contribution in [-0.2, 0) is 6.42 Å². The van der Waals surface area contributed by atoms with Gasteiger partial charge in [0.25, 0.3) is 0 Å². The number of carbonyl (C=O) groups is 1. The van der Waals surface area contributed by atoms with Crippen molar-refractivity contribution < 1.29 is 4.79 Å². The number of hydrogen-bond donors (Lipinski definition) is 2. The number of nitrogens with one attached hydrogen (secondary N) is 2. The standard InChI is InChI=1S/C20H23N3O/c1-3-23(17-8-6-7-15(2)13-17)20(24)21-12-11-16-14-22-19-10-5-4-9-18(16)19/h4-10,13-14,22H,3,11-12H2,1-2H3,(H,21,24). The highest BCUT2D eigenvalue weighted by molar-refractivity contribution is 5.92. The summed E-state index contributed by atoms with van der Waals surface area (Å²) in [6.45, 7) is 5.28. The molecule has 0 radical (unpaired) electrons. The summed E-state index contributed by atoms with van der Waals surface area (Å²) in [5.41, 5.74) is 4.44. The van der Waals surface area contributed by atoms with E-state index in [0.717, 1.165) is 23.2 Å². The molecule has 0 aliphatic carbocycles. The monoisotopic (exact) mass is 321 g/mol. The predicted octanol–water partition coefficient (Wildman–Crippen LogP) is 4.25. The highest BCUT2D eigenvalue weighted by atomic mass is 16.2. The number of anilines is 1. The molecule has 0 aliphatic heterocycles. The Bertz CT molecular complexity index is 838. The Labute approximate surface area is 142 Å². The van der Waals surface area contributed by atoms with Gasteiger partial charge in [0, 0.05) is 35.9 Å². The molecule has 0 unspecified atom stereocenters. The topological polar surface area (TPSA) is 48.1 Å². The fourth-order valence-corrected chi connectivity index (χ4v) is 2.98. The summed E-state index contributed by atoms with van der Waals surface area (Å²) in [4.78, 5) is 17.5. The van der Waals surface area contributed by atoms with Gasteiger partial charge >= 0.3 is 6.03 Å². The third-order valence-corrected chi connectivity index (χ3v) is 4.22. The summed E-state index contributed by atoms with van der Waals surface area (Å²) in [5.74, 6) is 0. The van der Waals surface area contributed by atoms with Gasteiger partial charge < -0.3 is 10.3 Å². The number of aromatic amines is 1. The molecule has 1 heterocycles. The molecule has 0 aliphatic rings. The molecule has 0 fully saturated rings. The number of hydrogen-bond acceptors (Lipinski definition) is 1. The highest BCUT2D eigenvalue weighted by Gasteiger charge is 2.13. The zero-order valence-electron chi connectivity index (χ0n) is 14.2. The first-order chi connectivity index (χ1) is 11.7. The van der Waals surface area contributed by atoms with E-state index in [2.05, 4.69) is 22.4 Å². The second kappa shape index (κ2) is 7.21. The first kappa shape index (κ1) is 16.1. The predicted molar refractivity (Wildman–Crippen MR) is 99.6 cm³/mol. The summed E-state index contributed by atoms with van der Waals surface area (Å²) in [7, 11) is 0. The summed E-state index contributed by atoms with van der Waals surface area (Å²) in [5, 5.41) is 4.25. The minimum absolute atomic E-state index is 0.0528. The number of carbonyl (C=O) groups excluding carboxylic acids is 1. The Balaban J connectivity index is 1.62. The number of rotatable bonds is 5. The lowest BCUT2D eigenvalue weighted by Crippen LogP contribution is -2.40. The number of H-pyrrole nitrogens is 1. The van der Waals surface area contributed by atoms with Crippen LogP contribution < -0.4 is 10.2 Å². The molecule has 0 bridgehead atoms. The Morgan fingerprint density at radius 1 is 1.17 bits per heavy atom. The molecule has 0 atom stereocenters. The minimum Gasteiger partial charge on any atom is -0.361 e. The van der Waals surface area contributed by atoms with Gasteiger partial charge in [0.15, 0.2) is 0 Å². The van der Waals surface area contributed by atoms with Crippen LogP contribution in [0.2, 0.25) is 0 Å². The summed E-state index contributed by atoms with van der Waals surface area (Å²) in [6, 6.07) is 16.2. The van der Waals surface area contributed by atoms with E-state index in [4.69, 9.17) is 0 Å². The first-order valence-electron chi connectivity index (χ1n) is 8.36. The van der Waals surface area contributed by atoms with Gasteiger partial charge in [-0.15, -0.1) is 0 Å². The Hall–Kier alpha value is -2.75. The number of fused-ring (bicyclic) bond motifs is 1. The Kier molecular flexibility index (Phi) is 4.85. The van der Waals surface area contributed by atoms with Crippen molar-refractivity contribution in [2.45, 2.75) is 20.3 Å². The fourth-order valence-electron chi connectivity index (χ4n) is 2.98. The van der Waals surface area contributed by atoms with Gasteiger partial charge in [-0.2, -0.15) is 0 Å². The van der Waals surface area contributed by atoms with E-state index < -0.39 is 0 Å². The summed E-state index contributed by atoms with van der Waals surface area (Å²) in [6.07, 6.45) is 2.83. The summed E-state index contributed by atoms with van der Waals surface area (Å²) >= 11 is 0. The van der Waals surface area contributed by atoms with Gasteiger partial charge in [-0.05, 0) is 49.6 Å². The van der Waals surface area contributed by atoms with Crippen LogP contribution in [0.25, 0.3) is 10.9 Å². The third-order valence-electron chi connectivity index (χ3n) is 4.22. The fraction of sp³-hybridized carbons (Fsp3) is 0.250. The number of amides is 2. The first-order valence-corrected chi connectivity index (χ1v) is 8.36. The van der Waals surface area contributed by atoms with Crippen molar-refractivity contribution in [1.29, 1.82) is 0 Å². The van der Waals surface area contributed by atoms with E-state index in [-0.39, 0.29) is 6.03 Å². The number of benzene rings is 2. The van der Waals surface area contributed by atoms with Gasteiger partial charge in [0.05, 0.1) is 0 Å². The molecule has 4 nitrogen and oxygen atoms in total. The van der Waals surface area contributed by atoms with Crippen molar-refractivity contribution in [3.8, 4) is 0 Å². The van der Waals surface area contributed by atoms with Gasteiger partial charge in [-0.1, -0.05) is 30.3 Å². The lowest BCUT2D eigenvalue weighted by atomic mass is 10.1. The molecule has 4 heteroatoms. The molecule has 0 saturated carbocycles. The zero-order chi connectivity index (χ0) is 16.9. The molecule has 2 aromatic carbocycles. The number of aromatic nitrogens is 1. The van der Waals surface area contributed by atoms with Crippen LogP contribution >= 0.6 is 0 Å². The molecule has 24 heavy (non-hydrogen) atoms. The quantitative estimate of drug-likeness (QED) is 0.725. The maximum atomic E-state index is 12.5. The molecule has 3 rings (SSSR count). The van der Waals surface area contributed by atoms with Gasteiger partial charge in [0.2, 0.25) is 0 Å². The molecule has 2 amide bonds. The highest BCUT2D eigenvalue weighted by Crippen LogP contribution is 2.18. The molecule has 0 saturated heterocycles. The van der Waals surface area contributed by atoms with E-state index in [0.29, 0.717) is 13.1 Å². The van der Waals surface area contributed by atoms with Crippen LogP contribution in [0.5, 0.6) is 0 Å². The molecular formula is C20H23N3O. The van der Waals surface area contributed by atoms with E-state index in [1.807, 2.05) is 56.4 Å². The lowest BCUT2D eigenvalue weighted by Gasteiger charge is -2.22. The zero-order valence-corrected chi connectivity index (χ0v) is 14.2. The molecule has 124 valence electrons. The van der Waals surface area contributed by atoms with Crippen LogP contribution in [0.15, 0.2) is 54.7 Å². The smallest absolute Gasteiger partial charge is 0.321 e. The molecular weight excluding hydrogens is 298 g/mol. The van der Waals surface area contributed by atoms with Crippen LogP contribution in [-0.4, -0.2) is 24.1 Å². The average Bonchev–Trinajstić information content (AvgIpc) is 2.99. The Morgan fingerprint density at radius 2 is 2.00 bits per heavy atom. The van der Waals surface area contributed by atoms with Gasteiger partial charge in [-0.25, -0.2) is 4.79 Å². The van der Waals surface area contributed by atoms with Crippen molar-refractivity contribution in [2.24, 2.45) is 0 Å². The molecule has 2 N–H and O–H groups in total. The largest absolute Gasteiger partial charge is 0.361 e. The third kappa shape index (κ3) is 3.43. The molecule has 3 aromatic rings.